The Hall–Kier alpha value is -5.76. The molecule has 0 unspecified atom stereocenters. The fraction of sp³-hybridized carbons (Fsp3) is 0.286. The van der Waals surface area contributed by atoms with Crippen LogP contribution in [0, 0.1) is 6.92 Å². The van der Waals surface area contributed by atoms with Crippen LogP contribution in [0.15, 0.2) is 60.9 Å². The van der Waals surface area contributed by atoms with E-state index in [1.165, 1.54) is 6.20 Å². The summed E-state index contributed by atoms with van der Waals surface area (Å²) in [5.41, 5.74) is 4.86. The van der Waals surface area contributed by atoms with E-state index in [4.69, 9.17) is 16.3 Å². The zero-order chi connectivity index (χ0) is 34.9. The molecule has 1 atom stereocenters. The number of anilines is 1. The predicted molar refractivity (Wildman–Crippen MR) is 185 cm³/mol. The van der Waals surface area contributed by atoms with E-state index in [0.29, 0.717) is 78.1 Å². The largest absolute Gasteiger partial charge is 0.453 e. The second-order valence-corrected chi connectivity index (χ2v) is 12.7. The molecule has 3 N–H and O–H groups in total. The van der Waals surface area contributed by atoms with Crippen LogP contribution < -0.4 is 20.3 Å². The fourth-order valence-corrected chi connectivity index (χ4v) is 6.46. The van der Waals surface area contributed by atoms with Crippen LogP contribution in [-0.4, -0.2) is 86.0 Å². The molecular formula is C35H34ClN9O5. The zero-order valence-corrected chi connectivity index (χ0v) is 28.2. The van der Waals surface area contributed by atoms with E-state index in [0.717, 1.165) is 22.5 Å². The highest BCUT2D eigenvalue weighted by molar-refractivity contribution is 6.32. The van der Waals surface area contributed by atoms with Crippen molar-refractivity contribution >= 4 is 52.1 Å². The molecule has 2 aliphatic rings. The lowest BCUT2D eigenvalue weighted by Crippen LogP contribution is -2.51. The smallest absolute Gasteiger partial charge is 0.251 e. The van der Waals surface area contributed by atoms with Gasteiger partial charge in [0.1, 0.15) is 22.1 Å². The summed E-state index contributed by atoms with van der Waals surface area (Å²) in [4.78, 5) is 65.6. The van der Waals surface area contributed by atoms with Gasteiger partial charge in [0.05, 0.1) is 29.9 Å². The Labute approximate surface area is 291 Å². The number of hydrogen-bond acceptors (Lipinski definition) is 9. The average Bonchev–Trinajstić information content (AvgIpc) is 3.70. The predicted octanol–water partition coefficient (Wildman–Crippen LogP) is 3.71. The highest BCUT2D eigenvalue weighted by atomic mass is 35.5. The number of piperazine rings is 1. The van der Waals surface area contributed by atoms with E-state index in [2.05, 4.69) is 35.6 Å². The summed E-state index contributed by atoms with van der Waals surface area (Å²) in [6.45, 7) is 4.07. The lowest BCUT2D eigenvalue weighted by Gasteiger charge is -2.36. The number of amides is 4. The van der Waals surface area contributed by atoms with E-state index < -0.39 is 0 Å². The van der Waals surface area contributed by atoms with Crippen LogP contribution in [0.25, 0.3) is 22.6 Å². The molecule has 3 aromatic heterocycles. The summed E-state index contributed by atoms with van der Waals surface area (Å²) < 4.78 is 7.82. The fourth-order valence-electron chi connectivity index (χ4n) is 6.28. The third-order valence-corrected chi connectivity index (χ3v) is 9.24. The van der Waals surface area contributed by atoms with Crippen LogP contribution in [0.3, 0.4) is 0 Å². The van der Waals surface area contributed by atoms with E-state index in [9.17, 15) is 19.2 Å². The molecule has 5 aromatic rings. The van der Waals surface area contributed by atoms with Gasteiger partial charge in [-0.15, -0.1) is 0 Å². The van der Waals surface area contributed by atoms with Gasteiger partial charge in [-0.25, -0.2) is 9.97 Å². The third kappa shape index (κ3) is 6.74. The van der Waals surface area contributed by atoms with E-state index in [1.807, 2.05) is 44.4 Å². The van der Waals surface area contributed by atoms with Crippen molar-refractivity contribution < 1.29 is 23.9 Å². The Bertz CT molecular complexity index is 2100. The van der Waals surface area contributed by atoms with Gasteiger partial charge in [0, 0.05) is 57.1 Å². The van der Waals surface area contributed by atoms with E-state index in [1.54, 1.807) is 33.8 Å². The Morgan fingerprint density at radius 3 is 2.46 bits per heavy atom. The lowest BCUT2D eigenvalue weighted by molar-refractivity contribution is -0.134. The number of piperidine rings is 1. The molecule has 4 amide bonds. The minimum Gasteiger partial charge on any atom is -0.453 e. The van der Waals surface area contributed by atoms with Gasteiger partial charge in [0.15, 0.2) is 11.4 Å². The molecule has 0 spiro atoms. The van der Waals surface area contributed by atoms with Gasteiger partial charge in [0.25, 0.3) is 5.91 Å². The maximum absolute atomic E-state index is 12.9. The van der Waals surface area contributed by atoms with Crippen molar-refractivity contribution in [3.05, 3.63) is 82.8 Å². The maximum atomic E-state index is 12.9. The highest BCUT2D eigenvalue weighted by Gasteiger charge is 2.28. The molecule has 0 radical (unpaired) electrons. The summed E-state index contributed by atoms with van der Waals surface area (Å²) in [7, 11) is 1.84. The number of aryl methyl sites for hydroxylation is 2. The van der Waals surface area contributed by atoms with Crippen LogP contribution in [0.4, 0.5) is 5.69 Å². The van der Waals surface area contributed by atoms with Crippen molar-refractivity contribution in [1.29, 1.82) is 0 Å². The second kappa shape index (κ2) is 13.6. The number of fused-ring (bicyclic) bond motifs is 1. The number of nitrogens with one attached hydrogen (secondary N) is 3. The highest BCUT2D eigenvalue weighted by Crippen LogP contribution is 2.36. The Morgan fingerprint density at radius 2 is 1.78 bits per heavy atom. The first-order valence-corrected chi connectivity index (χ1v) is 16.6. The summed E-state index contributed by atoms with van der Waals surface area (Å²) in [6, 6.07) is 14.3. The van der Waals surface area contributed by atoms with Gasteiger partial charge in [0.2, 0.25) is 17.7 Å². The summed E-state index contributed by atoms with van der Waals surface area (Å²) >= 11 is 6.46. The number of H-pyrrole nitrogens is 1. The number of nitrogens with zero attached hydrogens (tertiary/aromatic N) is 6. The van der Waals surface area contributed by atoms with Crippen molar-refractivity contribution in [2.75, 3.05) is 37.6 Å². The number of carbonyl (C=O) groups excluding carboxylic acids is 4. The topological polar surface area (TPSA) is 167 Å². The van der Waals surface area contributed by atoms with E-state index >= 15 is 0 Å². The number of hydrogen-bond donors (Lipinski definition) is 3. The van der Waals surface area contributed by atoms with Gasteiger partial charge < -0.3 is 24.8 Å². The first kappa shape index (κ1) is 32.8. The number of imide groups is 1. The monoisotopic (exact) mass is 695 g/mol. The maximum Gasteiger partial charge on any atom is 0.251 e. The molecule has 256 valence electrons. The Balaban J connectivity index is 0.909. The quantitative estimate of drug-likeness (QED) is 0.205. The summed E-state index contributed by atoms with van der Waals surface area (Å²) in [5.74, 6) is 0.0336. The molecular weight excluding hydrogens is 662 g/mol. The number of imidazole rings is 1. The van der Waals surface area contributed by atoms with Crippen LogP contribution in [0.2, 0.25) is 5.02 Å². The first-order valence-electron chi connectivity index (χ1n) is 16.2. The van der Waals surface area contributed by atoms with Crippen LogP contribution in [0.1, 0.15) is 40.4 Å². The minimum absolute atomic E-state index is 0.124. The Morgan fingerprint density at radius 1 is 1.04 bits per heavy atom. The van der Waals surface area contributed by atoms with Crippen LogP contribution in [0.5, 0.6) is 11.5 Å². The van der Waals surface area contributed by atoms with Crippen LogP contribution in [-0.2, 0) is 21.4 Å². The number of carbonyl (C=O) groups is 4. The van der Waals surface area contributed by atoms with Crippen molar-refractivity contribution in [2.24, 2.45) is 7.05 Å². The van der Waals surface area contributed by atoms with Gasteiger partial charge in [-0.05, 0) is 55.3 Å². The van der Waals surface area contributed by atoms with Gasteiger partial charge >= 0.3 is 0 Å². The number of pyridine rings is 1. The Kier molecular flexibility index (Phi) is 8.93. The molecule has 5 heterocycles. The lowest BCUT2D eigenvalue weighted by atomic mass is 9.90. The van der Waals surface area contributed by atoms with E-state index in [-0.39, 0.29) is 36.1 Å². The normalized spacial score (nSPS) is 16.4. The number of aromatic nitrogens is 5. The third-order valence-electron chi connectivity index (χ3n) is 8.97. The molecule has 7 rings (SSSR count). The van der Waals surface area contributed by atoms with Gasteiger partial charge in [-0.2, -0.15) is 5.10 Å². The summed E-state index contributed by atoms with van der Waals surface area (Å²) in [5, 5.41) is 9.79. The van der Waals surface area contributed by atoms with Gasteiger partial charge in [-0.1, -0.05) is 23.7 Å². The molecule has 0 saturated carbocycles. The number of ether oxygens (including phenoxy) is 1. The molecule has 2 saturated heterocycles. The molecule has 2 fully saturated rings. The van der Waals surface area contributed by atoms with Crippen LogP contribution >= 0.6 is 11.6 Å². The summed E-state index contributed by atoms with van der Waals surface area (Å²) in [6.07, 6.45) is 4.18. The SMILES string of the molecule is Cc1nn(C)cc1-c1nc2ncc(Cl)c(Oc3ccc(C(=O)NCC(=O)N4CCN(c5ccc([C@@H]6CCC(=O)NC6=O)cc5)CC4)cc3)c2[nH]1. The van der Waals surface area contributed by atoms with Crippen molar-refractivity contribution in [3.63, 3.8) is 0 Å². The first-order chi connectivity index (χ1) is 24.1. The minimum atomic E-state index is -0.381. The number of rotatable bonds is 8. The van der Waals surface area contributed by atoms with Crippen molar-refractivity contribution in [2.45, 2.75) is 25.7 Å². The molecule has 2 aliphatic heterocycles. The molecule has 15 heteroatoms. The number of halogens is 1. The average molecular weight is 696 g/mol. The molecule has 2 aromatic carbocycles. The second-order valence-electron chi connectivity index (χ2n) is 12.3. The molecule has 0 bridgehead atoms. The molecule has 14 nitrogen and oxygen atoms in total. The molecule has 50 heavy (non-hydrogen) atoms. The number of aromatic amines is 1. The van der Waals surface area contributed by atoms with Gasteiger partial charge in [-0.3, -0.25) is 29.2 Å². The van der Waals surface area contributed by atoms with Crippen molar-refractivity contribution in [1.82, 2.24) is 40.3 Å². The number of benzene rings is 2. The van der Waals surface area contributed by atoms with Crippen molar-refractivity contribution in [3.8, 4) is 22.9 Å². The standard InChI is InChI=1S/C35H34ClN9O5/c1-20-26(19-43(2)42-20)32-40-30-31(27(36)17-37-33(30)41-32)50-24-9-5-22(6-10-24)34(48)38-18-29(47)45-15-13-44(14-16-45)23-7-3-21(4-8-23)25-11-12-28(46)39-35(25)49/h3-10,17,19,25H,11-16,18H2,1-2H3,(H,38,48)(H,37,40,41)(H,39,46,49)/t25-/m0/s1. The molecule has 0 aliphatic carbocycles. The zero-order valence-electron chi connectivity index (χ0n) is 27.4.